The van der Waals surface area contributed by atoms with Gasteiger partial charge in [0.25, 0.3) is 0 Å². The molecule has 0 saturated heterocycles. The monoisotopic (exact) mass is 284 g/mol. The van der Waals surface area contributed by atoms with Crippen LogP contribution in [-0.2, 0) is 6.61 Å². The summed E-state index contributed by atoms with van der Waals surface area (Å²) in [4.78, 5) is 12.5. The SMILES string of the molecule is O=c1c(-c2ccc(O)cc2)coc2cc(O)c(CO)cc12. The maximum absolute atomic E-state index is 12.5. The predicted octanol–water partition coefficient (Wildman–Crippen LogP) is 2.36. The second kappa shape index (κ2) is 4.96. The van der Waals surface area contributed by atoms with E-state index in [4.69, 9.17) is 9.52 Å². The molecule has 3 aromatic rings. The highest BCUT2D eigenvalue weighted by Crippen LogP contribution is 2.26. The van der Waals surface area contributed by atoms with Crippen LogP contribution in [0.4, 0.5) is 0 Å². The van der Waals surface area contributed by atoms with Crippen molar-refractivity contribution < 1.29 is 19.7 Å². The van der Waals surface area contributed by atoms with E-state index in [9.17, 15) is 15.0 Å². The van der Waals surface area contributed by atoms with Crippen LogP contribution in [0.3, 0.4) is 0 Å². The summed E-state index contributed by atoms with van der Waals surface area (Å²) in [7, 11) is 0. The molecule has 3 rings (SSSR count). The van der Waals surface area contributed by atoms with Gasteiger partial charge in [-0.1, -0.05) is 12.1 Å². The van der Waals surface area contributed by atoms with Crippen molar-refractivity contribution in [1.82, 2.24) is 0 Å². The van der Waals surface area contributed by atoms with Crippen molar-refractivity contribution in [3.05, 3.63) is 58.4 Å². The molecule has 21 heavy (non-hydrogen) atoms. The summed E-state index contributed by atoms with van der Waals surface area (Å²) in [5.41, 5.74) is 1.20. The number of aromatic hydroxyl groups is 2. The summed E-state index contributed by atoms with van der Waals surface area (Å²) in [6.07, 6.45) is 1.31. The third kappa shape index (κ3) is 2.23. The van der Waals surface area contributed by atoms with E-state index >= 15 is 0 Å². The predicted molar refractivity (Wildman–Crippen MR) is 77.2 cm³/mol. The number of fused-ring (bicyclic) bond motifs is 1. The lowest BCUT2D eigenvalue weighted by molar-refractivity contribution is 0.275. The number of hydrogen-bond donors (Lipinski definition) is 3. The molecule has 0 aliphatic carbocycles. The average Bonchev–Trinajstić information content (AvgIpc) is 2.48. The zero-order valence-corrected chi connectivity index (χ0v) is 10.9. The molecule has 2 aromatic carbocycles. The largest absolute Gasteiger partial charge is 0.508 e. The molecule has 0 spiro atoms. The summed E-state index contributed by atoms with van der Waals surface area (Å²) in [5.74, 6) is -0.0121. The zero-order chi connectivity index (χ0) is 15.0. The lowest BCUT2D eigenvalue weighted by atomic mass is 10.0. The molecule has 5 nitrogen and oxygen atoms in total. The first-order valence-corrected chi connectivity index (χ1v) is 6.28. The minimum absolute atomic E-state index is 0.108. The topological polar surface area (TPSA) is 90.9 Å². The summed E-state index contributed by atoms with van der Waals surface area (Å²) in [5, 5.41) is 28.4. The zero-order valence-electron chi connectivity index (χ0n) is 10.9. The fraction of sp³-hybridized carbons (Fsp3) is 0.0625. The first-order valence-electron chi connectivity index (χ1n) is 6.28. The number of phenols is 2. The van der Waals surface area contributed by atoms with Crippen LogP contribution in [-0.4, -0.2) is 15.3 Å². The van der Waals surface area contributed by atoms with Crippen LogP contribution >= 0.6 is 0 Å². The van der Waals surface area contributed by atoms with E-state index in [1.54, 1.807) is 12.1 Å². The van der Waals surface area contributed by atoms with Gasteiger partial charge in [-0.2, -0.15) is 0 Å². The van der Waals surface area contributed by atoms with Gasteiger partial charge in [-0.15, -0.1) is 0 Å². The van der Waals surface area contributed by atoms with Crippen molar-refractivity contribution in [3.8, 4) is 22.6 Å². The van der Waals surface area contributed by atoms with Crippen molar-refractivity contribution >= 4 is 11.0 Å². The fourth-order valence-corrected chi connectivity index (χ4v) is 2.18. The Morgan fingerprint density at radius 2 is 1.76 bits per heavy atom. The van der Waals surface area contributed by atoms with Crippen LogP contribution in [0.5, 0.6) is 11.5 Å². The van der Waals surface area contributed by atoms with Gasteiger partial charge in [0.05, 0.1) is 17.6 Å². The number of aliphatic hydroxyl groups is 1. The highest BCUT2D eigenvalue weighted by Gasteiger charge is 2.12. The van der Waals surface area contributed by atoms with Crippen molar-refractivity contribution in [3.63, 3.8) is 0 Å². The van der Waals surface area contributed by atoms with Gasteiger partial charge in [0.2, 0.25) is 5.43 Å². The Labute approximate surface area is 119 Å². The van der Waals surface area contributed by atoms with Gasteiger partial charge in [0.15, 0.2) is 0 Å². The number of aliphatic hydroxyl groups excluding tert-OH is 1. The molecule has 3 N–H and O–H groups in total. The van der Waals surface area contributed by atoms with Crippen molar-refractivity contribution in [1.29, 1.82) is 0 Å². The Bertz CT molecular complexity index is 862. The molecule has 0 fully saturated rings. The minimum atomic E-state index is -0.370. The highest BCUT2D eigenvalue weighted by atomic mass is 16.3. The van der Waals surface area contributed by atoms with E-state index in [0.717, 1.165) is 0 Å². The first-order chi connectivity index (χ1) is 10.1. The van der Waals surface area contributed by atoms with Crippen molar-refractivity contribution in [2.45, 2.75) is 6.61 Å². The fourth-order valence-electron chi connectivity index (χ4n) is 2.18. The quantitative estimate of drug-likeness (QED) is 0.672. The van der Waals surface area contributed by atoms with Gasteiger partial charge in [0, 0.05) is 11.6 Å². The standard InChI is InChI=1S/C16H12O5/c17-7-10-5-12-15(6-14(10)19)21-8-13(16(12)20)9-1-3-11(18)4-2-9/h1-6,8,17-19H,7H2. The van der Waals surface area contributed by atoms with Gasteiger partial charge in [-0.3, -0.25) is 4.79 Å². The Morgan fingerprint density at radius 3 is 2.43 bits per heavy atom. The molecular formula is C16H12O5. The Kier molecular flexibility index (Phi) is 3.12. The minimum Gasteiger partial charge on any atom is -0.508 e. The van der Waals surface area contributed by atoms with Crippen LogP contribution in [0, 0.1) is 0 Å². The molecule has 0 bridgehead atoms. The highest BCUT2D eigenvalue weighted by molar-refractivity contribution is 5.83. The van der Waals surface area contributed by atoms with Gasteiger partial charge in [-0.05, 0) is 23.8 Å². The molecule has 0 saturated carbocycles. The van der Waals surface area contributed by atoms with Gasteiger partial charge in [-0.25, -0.2) is 0 Å². The van der Waals surface area contributed by atoms with Gasteiger partial charge >= 0.3 is 0 Å². The lowest BCUT2D eigenvalue weighted by Crippen LogP contribution is -2.05. The Morgan fingerprint density at radius 1 is 1.05 bits per heavy atom. The van der Waals surface area contributed by atoms with E-state index in [0.29, 0.717) is 11.1 Å². The van der Waals surface area contributed by atoms with Gasteiger partial charge < -0.3 is 19.7 Å². The second-order valence-electron chi connectivity index (χ2n) is 4.66. The first kappa shape index (κ1) is 13.2. The molecule has 0 atom stereocenters. The molecule has 0 unspecified atom stereocenters. The molecule has 1 heterocycles. The maximum Gasteiger partial charge on any atom is 0.200 e. The normalized spacial score (nSPS) is 10.9. The molecule has 1 aromatic heterocycles. The Hall–Kier alpha value is -2.79. The maximum atomic E-state index is 12.5. The van der Waals surface area contributed by atoms with Crippen molar-refractivity contribution in [2.24, 2.45) is 0 Å². The number of phenolic OH excluding ortho intramolecular Hbond substituents is 1. The van der Waals surface area contributed by atoms with E-state index in [1.165, 1.54) is 30.5 Å². The average molecular weight is 284 g/mol. The summed E-state index contributed by atoms with van der Waals surface area (Å²) < 4.78 is 5.38. The van der Waals surface area contributed by atoms with E-state index in [2.05, 4.69) is 0 Å². The third-order valence-corrected chi connectivity index (χ3v) is 3.32. The van der Waals surface area contributed by atoms with Crippen LogP contribution in [0.2, 0.25) is 0 Å². The van der Waals surface area contributed by atoms with Crippen LogP contribution in [0.15, 0.2) is 51.9 Å². The molecule has 5 heteroatoms. The van der Waals surface area contributed by atoms with Gasteiger partial charge in [0.1, 0.15) is 23.3 Å². The van der Waals surface area contributed by atoms with Crippen molar-refractivity contribution in [2.75, 3.05) is 0 Å². The second-order valence-corrected chi connectivity index (χ2v) is 4.66. The summed E-state index contributed by atoms with van der Waals surface area (Å²) in [6, 6.07) is 8.91. The Balaban J connectivity index is 2.26. The molecule has 0 aliphatic heterocycles. The number of hydrogen-bond acceptors (Lipinski definition) is 5. The lowest BCUT2D eigenvalue weighted by Gasteiger charge is -2.06. The van der Waals surface area contributed by atoms with Crippen LogP contribution in [0.25, 0.3) is 22.1 Å². The summed E-state index contributed by atoms with van der Waals surface area (Å²) >= 11 is 0. The van der Waals surface area contributed by atoms with E-state index in [-0.39, 0.29) is 40.1 Å². The molecular weight excluding hydrogens is 272 g/mol. The summed E-state index contributed by atoms with van der Waals surface area (Å²) in [6.45, 7) is -0.370. The molecule has 0 aliphatic rings. The smallest absolute Gasteiger partial charge is 0.200 e. The number of rotatable bonds is 2. The third-order valence-electron chi connectivity index (χ3n) is 3.32. The molecule has 0 radical (unpaired) electrons. The van der Waals surface area contributed by atoms with Crippen LogP contribution < -0.4 is 5.43 Å². The molecule has 106 valence electrons. The molecule has 0 amide bonds. The van der Waals surface area contributed by atoms with E-state index < -0.39 is 0 Å². The number of benzene rings is 2. The van der Waals surface area contributed by atoms with Crippen LogP contribution in [0.1, 0.15) is 5.56 Å². The van der Waals surface area contributed by atoms with E-state index in [1.807, 2.05) is 0 Å².